The smallest absolute Gasteiger partial charge is 0.261 e. The van der Waals surface area contributed by atoms with Crippen LogP contribution in [0.25, 0.3) is 0 Å². The highest BCUT2D eigenvalue weighted by atomic mass is 32.2. The lowest BCUT2D eigenvalue weighted by Gasteiger charge is -2.19. The molecule has 1 fully saturated rings. The van der Waals surface area contributed by atoms with Gasteiger partial charge in [-0.05, 0) is 55.2 Å². The minimum atomic E-state index is -3.64. The highest BCUT2D eigenvalue weighted by Gasteiger charge is 2.19. The molecule has 4 N–H and O–H groups in total. The zero-order chi connectivity index (χ0) is 19.3. The van der Waals surface area contributed by atoms with Crippen molar-refractivity contribution in [2.24, 2.45) is 5.92 Å². The fourth-order valence-electron chi connectivity index (χ4n) is 3.74. The summed E-state index contributed by atoms with van der Waals surface area (Å²) in [5.74, 6) is 0.826. The second kappa shape index (κ2) is 8.76. The average molecular weight is 388 g/mol. The van der Waals surface area contributed by atoms with Gasteiger partial charge in [0.1, 0.15) is 0 Å². The lowest BCUT2D eigenvalue weighted by atomic mass is 9.99. The second-order valence-electron chi connectivity index (χ2n) is 7.50. The molecule has 0 aromatic heterocycles. The van der Waals surface area contributed by atoms with Gasteiger partial charge in [0.2, 0.25) is 0 Å². The third-order valence-corrected chi connectivity index (χ3v) is 6.64. The number of para-hydroxylation sites is 1. The maximum absolute atomic E-state index is 12.7. The number of benzene rings is 2. The van der Waals surface area contributed by atoms with E-state index in [1.165, 1.54) is 44.2 Å². The van der Waals surface area contributed by atoms with Crippen LogP contribution in [0.2, 0.25) is 0 Å². The summed E-state index contributed by atoms with van der Waals surface area (Å²) in [5, 5.41) is 3.55. The Morgan fingerprint density at radius 2 is 1.74 bits per heavy atom. The van der Waals surface area contributed by atoms with Crippen LogP contribution in [0.1, 0.15) is 44.6 Å². The van der Waals surface area contributed by atoms with Crippen LogP contribution in [-0.4, -0.2) is 14.5 Å². The maximum Gasteiger partial charge on any atom is 0.261 e. The molecule has 6 heteroatoms. The van der Waals surface area contributed by atoms with E-state index in [1.807, 2.05) is 18.2 Å². The SMILES string of the molecule is C[C@@H](CC1CCCC1)NCc1ccccc1NS(=O)(=O)c1ccc(N)cc1. The van der Waals surface area contributed by atoms with Crippen LogP contribution in [0.5, 0.6) is 0 Å². The summed E-state index contributed by atoms with van der Waals surface area (Å²) >= 11 is 0. The molecule has 1 aliphatic carbocycles. The minimum Gasteiger partial charge on any atom is -0.399 e. The Hall–Kier alpha value is -2.05. The number of hydrogen-bond donors (Lipinski definition) is 3. The largest absolute Gasteiger partial charge is 0.399 e. The molecule has 0 amide bonds. The van der Waals surface area contributed by atoms with E-state index in [1.54, 1.807) is 18.2 Å². The first-order chi connectivity index (χ1) is 12.9. The van der Waals surface area contributed by atoms with E-state index in [-0.39, 0.29) is 4.90 Å². The van der Waals surface area contributed by atoms with Gasteiger partial charge in [0, 0.05) is 18.3 Å². The summed E-state index contributed by atoms with van der Waals surface area (Å²) < 4.78 is 28.0. The highest BCUT2D eigenvalue weighted by Crippen LogP contribution is 2.28. The van der Waals surface area contributed by atoms with E-state index in [0.717, 1.165) is 11.5 Å². The molecule has 1 saturated carbocycles. The van der Waals surface area contributed by atoms with E-state index >= 15 is 0 Å². The second-order valence-corrected chi connectivity index (χ2v) is 9.18. The quantitative estimate of drug-likeness (QED) is 0.595. The van der Waals surface area contributed by atoms with E-state index in [4.69, 9.17) is 5.73 Å². The molecular formula is C21H29N3O2S. The van der Waals surface area contributed by atoms with E-state index in [0.29, 0.717) is 24.0 Å². The van der Waals surface area contributed by atoms with Crippen LogP contribution in [0.4, 0.5) is 11.4 Å². The Kier molecular flexibility index (Phi) is 6.39. The fraction of sp³-hybridized carbons (Fsp3) is 0.429. The lowest BCUT2D eigenvalue weighted by Crippen LogP contribution is -2.28. The summed E-state index contributed by atoms with van der Waals surface area (Å²) in [5.41, 5.74) is 7.73. The summed E-state index contributed by atoms with van der Waals surface area (Å²) in [7, 11) is -3.64. The van der Waals surface area contributed by atoms with Crippen molar-refractivity contribution in [1.82, 2.24) is 5.32 Å². The number of sulfonamides is 1. The van der Waals surface area contributed by atoms with Gasteiger partial charge in [-0.3, -0.25) is 4.72 Å². The number of rotatable bonds is 8. The van der Waals surface area contributed by atoms with Crippen LogP contribution in [-0.2, 0) is 16.6 Å². The molecule has 3 rings (SSSR count). The normalized spacial score (nSPS) is 16.3. The first kappa shape index (κ1) is 19.7. The Labute approximate surface area is 162 Å². The zero-order valence-electron chi connectivity index (χ0n) is 15.8. The predicted octanol–water partition coefficient (Wildman–Crippen LogP) is 4.13. The molecule has 0 saturated heterocycles. The number of hydrogen-bond acceptors (Lipinski definition) is 4. The molecule has 146 valence electrons. The molecular weight excluding hydrogens is 358 g/mol. The van der Waals surface area contributed by atoms with Crippen LogP contribution in [0.3, 0.4) is 0 Å². The molecule has 0 heterocycles. The van der Waals surface area contributed by atoms with Crippen molar-refractivity contribution in [1.29, 1.82) is 0 Å². The van der Waals surface area contributed by atoms with Crippen molar-refractivity contribution >= 4 is 21.4 Å². The number of nitrogen functional groups attached to an aromatic ring is 1. The third-order valence-electron chi connectivity index (χ3n) is 5.25. The standard InChI is InChI=1S/C21H29N3O2S/c1-16(14-17-6-2-3-7-17)23-15-18-8-4-5-9-21(18)24-27(25,26)20-12-10-19(22)11-13-20/h4-5,8-13,16-17,23-24H,2-3,6-7,14-15,22H2,1H3/t16-/m0/s1. The lowest BCUT2D eigenvalue weighted by molar-refractivity contribution is 0.404. The van der Waals surface area contributed by atoms with Crippen molar-refractivity contribution in [3.8, 4) is 0 Å². The van der Waals surface area contributed by atoms with Gasteiger partial charge >= 0.3 is 0 Å². The van der Waals surface area contributed by atoms with E-state index in [2.05, 4.69) is 17.0 Å². The van der Waals surface area contributed by atoms with Crippen molar-refractivity contribution in [3.05, 3.63) is 54.1 Å². The van der Waals surface area contributed by atoms with Gasteiger partial charge in [0.25, 0.3) is 10.0 Å². The third kappa shape index (κ3) is 5.47. The van der Waals surface area contributed by atoms with Crippen molar-refractivity contribution < 1.29 is 8.42 Å². The van der Waals surface area contributed by atoms with Crippen LogP contribution in [0, 0.1) is 5.92 Å². The molecule has 27 heavy (non-hydrogen) atoms. The van der Waals surface area contributed by atoms with Crippen LogP contribution >= 0.6 is 0 Å². The summed E-state index contributed by atoms with van der Waals surface area (Å²) in [6, 6.07) is 14.1. The average Bonchev–Trinajstić information content (AvgIpc) is 3.14. The number of anilines is 2. The molecule has 0 spiro atoms. The van der Waals surface area contributed by atoms with Gasteiger partial charge in [-0.25, -0.2) is 8.42 Å². The molecule has 0 radical (unpaired) electrons. The highest BCUT2D eigenvalue weighted by molar-refractivity contribution is 7.92. The maximum atomic E-state index is 12.7. The van der Waals surface area contributed by atoms with Gasteiger partial charge in [0.15, 0.2) is 0 Å². The molecule has 1 atom stereocenters. The molecule has 5 nitrogen and oxygen atoms in total. The van der Waals surface area contributed by atoms with Gasteiger partial charge < -0.3 is 11.1 Å². The molecule has 0 unspecified atom stereocenters. The van der Waals surface area contributed by atoms with Gasteiger partial charge in [-0.1, -0.05) is 43.9 Å². The zero-order valence-corrected chi connectivity index (χ0v) is 16.6. The molecule has 2 aromatic rings. The van der Waals surface area contributed by atoms with Gasteiger partial charge in [-0.15, -0.1) is 0 Å². The Morgan fingerprint density at radius 3 is 2.44 bits per heavy atom. The number of nitrogens with two attached hydrogens (primary N) is 1. The van der Waals surface area contributed by atoms with Crippen molar-refractivity contribution in [2.45, 2.75) is 56.5 Å². The summed E-state index contributed by atoms with van der Waals surface area (Å²) in [6.45, 7) is 2.84. The van der Waals surface area contributed by atoms with E-state index in [9.17, 15) is 8.42 Å². The Balaban J connectivity index is 1.65. The van der Waals surface area contributed by atoms with E-state index < -0.39 is 10.0 Å². The first-order valence-corrected chi connectivity index (χ1v) is 11.1. The minimum absolute atomic E-state index is 0.203. The van der Waals surface area contributed by atoms with Crippen molar-refractivity contribution in [2.75, 3.05) is 10.5 Å². The van der Waals surface area contributed by atoms with Gasteiger partial charge in [0.05, 0.1) is 10.6 Å². The predicted molar refractivity (Wildman–Crippen MR) is 111 cm³/mol. The van der Waals surface area contributed by atoms with Gasteiger partial charge in [-0.2, -0.15) is 0 Å². The van der Waals surface area contributed by atoms with Crippen LogP contribution in [0.15, 0.2) is 53.4 Å². The molecule has 0 bridgehead atoms. The Morgan fingerprint density at radius 1 is 1.07 bits per heavy atom. The van der Waals surface area contributed by atoms with Crippen molar-refractivity contribution in [3.63, 3.8) is 0 Å². The fourth-order valence-corrected chi connectivity index (χ4v) is 4.84. The topological polar surface area (TPSA) is 84.2 Å². The number of nitrogens with one attached hydrogen (secondary N) is 2. The summed E-state index contributed by atoms with van der Waals surface area (Å²) in [4.78, 5) is 0.203. The molecule has 0 aliphatic heterocycles. The monoisotopic (exact) mass is 387 g/mol. The molecule has 2 aromatic carbocycles. The summed E-state index contributed by atoms with van der Waals surface area (Å²) in [6.07, 6.45) is 6.56. The first-order valence-electron chi connectivity index (χ1n) is 9.64. The molecule has 1 aliphatic rings. The van der Waals surface area contributed by atoms with Crippen LogP contribution < -0.4 is 15.8 Å². The Bertz CT molecular complexity index is 844.